The standard InChI is InChI=1S/C9H9N3O3S4/c1-4(13)6-3-5(12(14)15)7(17-6)18-9-11-10-8(16-2)19-9/h3-4,13H,1-2H3/t4-/m0/s1. The van der Waals surface area contributed by atoms with Crippen LogP contribution >= 0.6 is 46.2 Å². The number of hydrogen-bond acceptors (Lipinski definition) is 9. The van der Waals surface area contributed by atoms with E-state index in [0.717, 1.165) is 4.34 Å². The monoisotopic (exact) mass is 335 g/mol. The Balaban J connectivity index is 2.30. The Morgan fingerprint density at radius 1 is 1.42 bits per heavy atom. The van der Waals surface area contributed by atoms with Gasteiger partial charge in [-0.3, -0.25) is 10.1 Å². The highest BCUT2D eigenvalue weighted by atomic mass is 32.2. The summed E-state index contributed by atoms with van der Waals surface area (Å²) in [6, 6.07) is 1.41. The van der Waals surface area contributed by atoms with Gasteiger partial charge in [0.15, 0.2) is 8.68 Å². The molecular formula is C9H9N3O3S4. The molecule has 0 aliphatic carbocycles. The minimum atomic E-state index is -0.714. The molecule has 10 heteroatoms. The molecule has 0 fully saturated rings. The number of nitro groups is 1. The Morgan fingerprint density at radius 2 is 2.11 bits per heavy atom. The third-order valence-electron chi connectivity index (χ3n) is 2.05. The maximum atomic E-state index is 11.0. The van der Waals surface area contributed by atoms with Crippen LogP contribution in [0.1, 0.15) is 17.9 Å². The molecule has 6 nitrogen and oxygen atoms in total. The highest BCUT2D eigenvalue weighted by molar-refractivity contribution is 8.04. The van der Waals surface area contributed by atoms with Gasteiger partial charge in [0, 0.05) is 10.9 Å². The quantitative estimate of drug-likeness (QED) is 0.508. The molecule has 0 unspecified atom stereocenters. The molecule has 19 heavy (non-hydrogen) atoms. The molecule has 0 aliphatic heterocycles. The van der Waals surface area contributed by atoms with Gasteiger partial charge in [-0.05, 0) is 24.9 Å². The van der Waals surface area contributed by atoms with Crippen LogP contribution in [-0.4, -0.2) is 26.5 Å². The molecule has 2 heterocycles. The minimum Gasteiger partial charge on any atom is -0.388 e. The molecule has 2 rings (SSSR count). The van der Waals surface area contributed by atoms with E-state index in [4.69, 9.17) is 0 Å². The number of nitrogens with zero attached hydrogens (tertiary/aromatic N) is 3. The maximum absolute atomic E-state index is 11.0. The lowest BCUT2D eigenvalue weighted by molar-refractivity contribution is -0.387. The summed E-state index contributed by atoms with van der Waals surface area (Å²) in [5.41, 5.74) is 0.00630. The van der Waals surface area contributed by atoms with Gasteiger partial charge >= 0.3 is 0 Å². The van der Waals surface area contributed by atoms with Crippen molar-refractivity contribution in [2.45, 2.75) is 25.9 Å². The molecule has 2 aromatic heterocycles. The maximum Gasteiger partial charge on any atom is 0.294 e. The number of aliphatic hydroxyl groups is 1. The third kappa shape index (κ3) is 3.45. The largest absolute Gasteiger partial charge is 0.388 e. The van der Waals surface area contributed by atoms with E-state index in [1.54, 1.807) is 6.92 Å². The van der Waals surface area contributed by atoms with Gasteiger partial charge in [-0.1, -0.05) is 23.1 Å². The number of thiophene rings is 1. The second-order valence-electron chi connectivity index (χ2n) is 3.39. The summed E-state index contributed by atoms with van der Waals surface area (Å²) < 4.78 is 1.99. The Labute approximate surface area is 125 Å². The molecule has 0 bridgehead atoms. The van der Waals surface area contributed by atoms with Crippen LogP contribution in [-0.2, 0) is 0 Å². The van der Waals surface area contributed by atoms with Gasteiger partial charge < -0.3 is 5.11 Å². The molecule has 0 spiro atoms. The molecule has 0 saturated heterocycles. The fraction of sp³-hybridized carbons (Fsp3) is 0.333. The van der Waals surface area contributed by atoms with E-state index in [0.29, 0.717) is 13.4 Å². The van der Waals surface area contributed by atoms with E-state index in [1.165, 1.54) is 52.3 Å². The van der Waals surface area contributed by atoms with Crippen LogP contribution in [0.4, 0.5) is 5.69 Å². The van der Waals surface area contributed by atoms with Crippen LogP contribution < -0.4 is 0 Å². The zero-order valence-corrected chi connectivity index (χ0v) is 13.2. The Bertz CT molecular complexity index is 595. The first kappa shape index (κ1) is 14.7. The normalized spacial score (nSPS) is 12.6. The van der Waals surface area contributed by atoms with Crippen LogP contribution in [0, 0.1) is 10.1 Å². The highest BCUT2D eigenvalue weighted by Crippen LogP contribution is 2.44. The van der Waals surface area contributed by atoms with Crippen molar-refractivity contribution in [3.8, 4) is 0 Å². The lowest BCUT2D eigenvalue weighted by Gasteiger charge is -1.95. The Morgan fingerprint density at radius 3 is 2.63 bits per heavy atom. The average Bonchev–Trinajstić information content (AvgIpc) is 2.96. The molecule has 102 valence electrons. The van der Waals surface area contributed by atoms with Gasteiger partial charge in [0.1, 0.15) is 4.21 Å². The van der Waals surface area contributed by atoms with Gasteiger partial charge in [-0.25, -0.2) is 0 Å². The van der Waals surface area contributed by atoms with Crippen LogP contribution in [0.5, 0.6) is 0 Å². The van der Waals surface area contributed by atoms with E-state index in [9.17, 15) is 15.2 Å². The fourth-order valence-corrected chi connectivity index (χ4v) is 5.13. The van der Waals surface area contributed by atoms with E-state index in [2.05, 4.69) is 10.2 Å². The van der Waals surface area contributed by atoms with Crippen molar-refractivity contribution in [2.24, 2.45) is 0 Å². The lowest BCUT2D eigenvalue weighted by Crippen LogP contribution is -1.87. The van der Waals surface area contributed by atoms with Crippen LogP contribution in [0.15, 0.2) is 19.0 Å². The van der Waals surface area contributed by atoms with Gasteiger partial charge in [0.05, 0.1) is 11.0 Å². The molecular weight excluding hydrogens is 326 g/mol. The molecule has 0 radical (unpaired) electrons. The summed E-state index contributed by atoms with van der Waals surface area (Å²) in [4.78, 5) is 11.1. The summed E-state index contributed by atoms with van der Waals surface area (Å²) in [7, 11) is 0. The van der Waals surface area contributed by atoms with Crippen molar-refractivity contribution in [1.82, 2.24) is 10.2 Å². The van der Waals surface area contributed by atoms with E-state index < -0.39 is 11.0 Å². The second-order valence-corrected chi connectivity index (χ2v) is 8.03. The van der Waals surface area contributed by atoms with E-state index >= 15 is 0 Å². The molecule has 0 aliphatic rings. The third-order valence-corrected chi connectivity index (χ3v) is 6.48. The number of thioether (sulfide) groups is 1. The zero-order chi connectivity index (χ0) is 14.0. The number of hydrogen-bond donors (Lipinski definition) is 1. The Kier molecular flexibility index (Phi) is 4.79. The topological polar surface area (TPSA) is 89.2 Å². The first-order chi connectivity index (χ1) is 9.01. The predicted molar refractivity (Wildman–Crippen MR) is 77.4 cm³/mol. The molecule has 1 atom stereocenters. The smallest absolute Gasteiger partial charge is 0.294 e. The summed E-state index contributed by atoms with van der Waals surface area (Å²) in [6.45, 7) is 1.58. The summed E-state index contributed by atoms with van der Waals surface area (Å²) in [6.07, 6.45) is 1.18. The van der Waals surface area contributed by atoms with Gasteiger partial charge in [0.2, 0.25) is 0 Å². The number of rotatable bonds is 5. The number of aromatic nitrogens is 2. The summed E-state index contributed by atoms with van der Waals surface area (Å²) >= 11 is 5.30. The summed E-state index contributed by atoms with van der Waals surface area (Å²) in [5, 5.41) is 28.4. The van der Waals surface area contributed by atoms with E-state index in [1.807, 2.05) is 6.26 Å². The van der Waals surface area contributed by atoms with Crippen LogP contribution in [0.25, 0.3) is 0 Å². The molecule has 0 aromatic carbocycles. The number of aliphatic hydroxyl groups excluding tert-OH is 1. The van der Waals surface area contributed by atoms with Crippen molar-refractivity contribution in [3.05, 3.63) is 21.1 Å². The van der Waals surface area contributed by atoms with E-state index in [-0.39, 0.29) is 5.69 Å². The lowest BCUT2D eigenvalue weighted by atomic mass is 10.3. The van der Waals surface area contributed by atoms with Gasteiger partial charge in [0.25, 0.3) is 5.69 Å². The van der Waals surface area contributed by atoms with Crippen molar-refractivity contribution < 1.29 is 10.0 Å². The SMILES string of the molecule is CSc1nnc(Sc2sc([C@H](C)O)cc2[N+](=O)[O-])s1. The first-order valence-electron chi connectivity index (χ1n) is 5.02. The van der Waals surface area contributed by atoms with Crippen molar-refractivity contribution in [2.75, 3.05) is 6.26 Å². The molecule has 0 amide bonds. The average molecular weight is 335 g/mol. The van der Waals surface area contributed by atoms with Gasteiger partial charge in [-0.15, -0.1) is 21.5 Å². The fourth-order valence-electron chi connectivity index (χ4n) is 1.19. The van der Waals surface area contributed by atoms with Crippen LogP contribution in [0.3, 0.4) is 0 Å². The van der Waals surface area contributed by atoms with Gasteiger partial charge in [-0.2, -0.15) is 0 Å². The van der Waals surface area contributed by atoms with Crippen LogP contribution in [0.2, 0.25) is 0 Å². The second kappa shape index (κ2) is 6.18. The Hall–Kier alpha value is -0.680. The first-order valence-corrected chi connectivity index (χ1v) is 8.70. The minimum absolute atomic E-state index is 0.00630. The molecule has 0 saturated carbocycles. The summed E-state index contributed by atoms with van der Waals surface area (Å²) in [5.74, 6) is 0. The highest BCUT2D eigenvalue weighted by Gasteiger charge is 2.23. The van der Waals surface area contributed by atoms with Crippen molar-refractivity contribution in [3.63, 3.8) is 0 Å². The molecule has 2 aromatic rings. The van der Waals surface area contributed by atoms with Crippen molar-refractivity contribution in [1.29, 1.82) is 0 Å². The zero-order valence-electron chi connectivity index (χ0n) is 9.89. The predicted octanol–water partition coefficient (Wildman–Crippen LogP) is 3.43. The van der Waals surface area contributed by atoms with Crippen molar-refractivity contribution >= 4 is 51.9 Å². The molecule has 1 N–H and O–H groups in total.